The van der Waals surface area contributed by atoms with Crippen molar-refractivity contribution >= 4 is 16.8 Å². The number of hydrogen-bond acceptors (Lipinski definition) is 4. The fourth-order valence-corrected chi connectivity index (χ4v) is 2.78. The highest BCUT2D eigenvalue weighted by atomic mass is 32.2. The van der Waals surface area contributed by atoms with Crippen molar-refractivity contribution in [2.75, 3.05) is 5.73 Å². The summed E-state index contributed by atoms with van der Waals surface area (Å²) in [6.07, 6.45) is 3.45. The molecule has 0 aliphatic carbocycles. The van der Waals surface area contributed by atoms with Gasteiger partial charge in [0.1, 0.15) is 5.82 Å². The first-order valence-electron chi connectivity index (χ1n) is 7.14. The molecule has 2 heterocycles. The summed E-state index contributed by atoms with van der Waals surface area (Å²) in [4.78, 5) is 8.53. The van der Waals surface area contributed by atoms with Crippen LogP contribution in [-0.2, 0) is 11.0 Å². The summed E-state index contributed by atoms with van der Waals surface area (Å²) < 4.78 is 15.1. The first-order valence-corrected chi connectivity index (χ1v) is 8.29. The lowest BCUT2D eigenvalue weighted by Gasteiger charge is -2.23. The Labute approximate surface area is 134 Å². The summed E-state index contributed by atoms with van der Waals surface area (Å²) in [5, 5.41) is 0. The Balaban J connectivity index is 2.38. The van der Waals surface area contributed by atoms with Gasteiger partial charge in [-0.25, -0.2) is 13.9 Å². The molecule has 6 heteroatoms. The molecule has 0 aliphatic heterocycles. The van der Waals surface area contributed by atoms with E-state index in [1.54, 1.807) is 12.4 Å². The second-order valence-electron chi connectivity index (χ2n) is 6.13. The molecule has 0 saturated carbocycles. The molecule has 0 spiro atoms. The predicted octanol–water partition coefficient (Wildman–Crippen LogP) is 2.84. The standard InChI is InChI=1S/C16H22N4OS/c1-11(20-22(21)16(2,3)4)12-9-15(17)19-10-13(12)14-7-5-6-8-18-14/h5-11,20H,1-4H3,(H2,17,19)/t11-,22?/m1/s1. The number of hydrogen-bond donors (Lipinski definition) is 2. The van der Waals surface area contributed by atoms with Gasteiger partial charge in [0.2, 0.25) is 0 Å². The maximum Gasteiger partial charge on any atom is 0.123 e. The summed E-state index contributed by atoms with van der Waals surface area (Å²) >= 11 is 0. The van der Waals surface area contributed by atoms with Crippen molar-refractivity contribution in [2.24, 2.45) is 0 Å². The van der Waals surface area contributed by atoms with Crippen LogP contribution in [0.3, 0.4) is 0 Å². The van der Waals surface area contributed by atoms with Crippen LogP contribution in [0.5, 0.6) is 0 Å². The molecule has 0 radical (unpaired) electrons. The van der Waals surface area contributed by atoms with Crippen molar-refractivity contribution in [1.82, 2.24) is 14.7 Å². The van der Waals surface area contributed by atoms with Gasteiger partial charge in [-0.1, -0.05) is 6.07 Å². The topological polar surface area (TPSA) is 80.9 Å². The van der Waals surface area contributed by atoms with E-state index < -0.39 is 11.0 Å². The van der Waals surface area contributed by atoms with Crippen LogP contribution >= 0.6 is 0 Å². The lowest BCUT2D eigenvalue weighted by Crippen LogP contribution is -2.35. The van der Waals surface area contributed by atoms with Gasteiger partial charge in [-0.3, -0.25) is 4.98 Å². The number of anilines is 1. The minimum atomic E-state index is -1.17. The molecule has 2 rings (SSSR count). The van der Waals surface area contributed by atoms with Gasteiger partial charge in [0.25, 0.3) is 0 Å². The van der Waals surface area contributed by atoms with Crippen molar-refractivity contribution in [3.63, 3.8) is 0 Å². The largest absolute Gasteiger partial charge is 0.384 e. The van der Waals surface area contributed by atoms with E-state index in [1.807, 2.05) is 52.0 Å². The number of nitrogens with two attached hydrogens (primary N) is 1. The van der Waals surface area contributed by atoms with E-state index in [9.17, 15) is 4.21 Å². The minimum absolute atomic E-state index is 0.137. The molecule has 22 heavy (non-hydrogen) atoms. The third-order valence-corrected chi connectivity index (χ3v) is 4.88. The van der Waals surface area contributed by atoms with Crippen molar-refractivity contribution < 1.29 is 4.21 Å². The van der Waals surface area contributed by atoms with E-state index in [2.05, 4.69) is 14.7 Å². The number of nitrogens with zero attached hydrogens (tertiary/aromatic N) is 2. The number of nitrogens with one attached hydrogen (secondary N) is 1. The van der Waals surface area contributed by atoms with Gasteiger partial charge in [-0.15, -0.1) is 0 Å². The quantitative estimate of drug-likeness (QED) is 0.908. The maximum atomic E-state index is 12.3. The molecule has 2 aromatic rings. The Morgan fingerprint density at radius 3 is 2.59 bits per heavy atom. The molecular formula is C16H22N4OS. The van der Waals surface area contributed by atoms with Gasteiger partial charge < -0.3 is 5.73 Å². The molecule has 118 valence electrons. The Bertz CT molecular complexity index is 668. The molecule has 2 atom stereocenters. The molecule has 0 saturated heterocycles. The van der Waals surface area contributed by atoms with Crippen molar-refractivity contribution in [3.05, 3.63) is 42.2 Å². The lowest BCUT2D eigenvalue weighted by molar-refractivity contribution is 0.616. The van der Waals surface area contributed by atoms with Crippen LogP contribution in [0.15, 0.2) is 36.7 Å². The second-order valence-corrected chi connectivity index (χ2v) is 8.13. The molecule has 3 N–H and O–H groups in total. The first-order chi connectivity index (χ1) is 10.3. The van der Waals surface area contributed by atoms with Gasteiger partial charge >= 0.3 is 0 Å². The third-order valence-electron chi connectivity index (χ3n) is 3.20. The van der Waals surface area contributed by atoms with Gasteiger partial charge in [0.05, 0.1) is 21.4 Å². The minimum Gasteiger partial charge on any atom is -0.384 e. The highest BCUT2D eigenvalue weighted by Crippen LogP contribution is 2.28. The Hall–Kier alpha value is -1.79. The van der Waals surface area contributed by atoms with Crippen molar-refractivity contribution in [3.8, 4) is 11.3 Å². The summed E-state index contributed by atoms with van der Waals surface area (Å²) in [5.41, 5.74) is 8.47. The molecule has 0 amide bonds. The number of rotatable bonds is 4. The van der Waals surface area contributed by atoms with Crippen molar-refractivity contribution in [2.45, 2.75) is 38.5 Å². The first kappa shape index (κ1) is 16.6. The second kappa shape index (κ2) is 6.54. The van der Waals surface area contributed by atoms with E-state index in [1.165, 1.54) is 0 Å². The van der Waals surface area contributed by atoms with Gasteiger partial charge in [-0.05, 0) is 51.5 Å². The number of pyridine rings is 2. The van der Waals surface area contributed by atoms with Crippen LogP contribution < -0.4 is 10.5 Å². The molecule has 1 unspecified atom stereocenters. The van der Waals surface area contributed by atoms with Gasteiger partial charge in [-0.2, -0.15) is 0 Å². The van der Waals surface area contributed by atoms with Crippen LogP contribution in [0, 0.1) is 0 Å². The van der Waals surface area contributed by atoms with E-state index in [4.69, 9.17) is 5.73 Å². The third kappa shape index (κ3) is 3.90. The Morgan fingerprint density at radius 1 is 1.27 bits per heavy atom. The summed E-state index contributed by atoms with van der Waals surface area (Å²) in [7, 11) is -1.17. The highest BCUT2D eigenvalue weighted by molar-refractivity contribution is 7.84. The van der Waals surface area contributed by atoms with E-state index in [-0.39, 0.29) is 10.8 Å². The summed E-state index contributed by atoms with van der Waals surface area (Å²) in [6.45, 7) is 7.76. The monoisotopic (exact) mass is 318 g/mol. The SMILES string of the molecule is C[C@@H](NS(=O)C(C)(C)C)c1cc(N)ncc1-c1ccccn1. The maximum absolute atomic E-state index is 12.3. The molecular weight excluding hydrogens is 296 g/mol. The lowest BCUT2D eigenvalue weighted by atomic mass is 10.0. The zero-order valence-electron chi connectivity index (χ0n) is 13.3. The Morgan fingerprint density at radius 2 is 2.00 bits per heavy atom. The zero-order valence-corrected chi connectivity index (χ0v) is 14.1. The molecule has 0 aromatic carbocycles. The highest BCUT2D eigenvalue weighted by Gasteiger charge is 2.23. The Kier molecular flexibility index (Phi) is 4.93. The fourth-order valence-electron chi connectivity index (χ4n) is 1.98. The van der Waals surface area contributed by atoms with Crippen LogP contribution in [0.1, 0.15) is 39.3 Å². The number of nitrogen functional groups attached to an aromatic ring is 1. The number of aromatic nitrogens is 2. The van der Waals surface area contributed by atoms with Crippen LogP contribution in [0.2, 0.25) is 0 Å². The zero-order chi connectivity index (χ0) is 16.3. The van der Waals surface area contributed by atoms with Crippen molar-refractivity contribution in [1.29, 1.82) is 0 Å². The van der Waals surface area contributed by atoms with Gasteiger partial charge in [0, 0.05) is 24.0 Å². The smallest absolute Gasteiger partial charge is 0.123 e. The molecule has 0 fully saturated rings. The molecule has 0 aliphatic rings. The summed E-state index contributed by atoms with van der Waals surface area (Å²) in [6, 6.07) is 7.38. The van der Waals surface area contributed by atoms with Crippen LogP contribution in [0.25, 0.3) is 11.3 Å². The predicted molar refractivity (Wildman–Crippen MR) is 91.3 cm³/mol. The molecule has 2 aromatic heterocycles. The molecule has 5 nitrogen and oxygen atoms in total. The average molecular weight is 318 g/mol. The van der Waals surface area contributed by atoms with E-state index in [0.29, 0.717) is 5.82 Å². The van der Waals surface area contributed by atoms with Gasteiger partial charge in [0.15, 0.2) is 0 Å². The summed E-state index contributed by atoms with van der Waals surface area (Å²) in [5.74, 6) is 0.435. The average Bonchev–Trinajstić information content (AvgIpc) is 2.47. The van der Waals surface area contributed by atoms with E-state index in [0.717, 1.165) is 16.8 Å². The van der Waals surface area contributed by atoms with Crippen LogP contribution in [0.4, 0.5) is 5.82 Å². The fraction of sp³-hybridized carbons (Fsp3) is 0.375. The van der Waals surface area contributed by atoms with E-state index >= 15 is 0 Å². The normalized spacial score (nSPS) is 14.5. The van der Waals surface area contributed by atoms with Crippen LogP contribution in [-0.4, -0.2) is 18.9 Å². The molecule has 0 bridgehead atoms.